The van der Waals surface area contributed by atoms with E-state index in [9.17, 15) is 0 Å². The van der Waals surface area contributed by atoms with Crippen molar-refractivity contribution in [2.24, 2.45) is 0 Å². The molecule has 246 valence electrons. The Labute approximate surface area is 306 Å². The Hall–Kier alpha value is -7.17. The molecule has 1 aliphatic carbocycles. The van der Waals surface area contributed by atoms with Gasteiger partial charge in [0.2, 0.25) is 0 Å². The third kappa shape index (κ3) is 4.52. The Kier molecular flexibility index (Phi) is 6.52. The van der Waals surface area contributed by atoms with Crippen LogP contribution in [0.5, 0.6) is 0 Å². The van der Waals surface area contributed by atoms with E-state index in [1.54, 1.807) is 0 Å². The second-order valence-corrected chi connectivity index (χ2v) is 13.6. The van der Waals surface area contributed by atoms with Gasteiger partial charge in [-0.1, -0.05) is 158 Å². The lowest BCUT2D eigenvalue weighted by atomic mass is 9.89. The van der Waals surface area contributed by atoms with Crippen LogP contribution in [0, 0.1) is 0 Å². The Morgan fingerprint density at radius 3 is 1.68 bits per heavy atom. The summed E-state index contributed by atoms with van der Waals surface area (Å²) in [5, 5.41) is 14.6. The molecule has 2 aromatic heterocycles. The van der Waals surface area contributed by atoms with E-state index in [4.69, 9.17) is 15.2 Å². The summed E-state index contributed by atoms with van der Waals surface area (Å²) >= 11 is 0. The molecule has 0 saturated heterocycles. The van der Waals surface area contributed by atoms with E-state index in [1.807, 2.05) is 36.4 Å². The van der Waals surface area contributed by atoms with E-state index < -0.39 is 0 Å². The van der Waals surface area contributed by atoms with Crippen molar-refractivity contribution in [2.45, 2.75) is 0 Å². The van der Waals surface area contributed by atoms with Gasteiger partial charge in [0, 0.05) is 38.7 Å². The molecule has 4 heteroatoms. The molecule has 0 aliphatic heterocycles. The van der Waals surface area contributed by atoms with Gasteiger partial charge in [0.15, 0.2) is 5.82 Å². The molecule has 53 heavy (non-hydrogen) atoms. The maximum Gasteiger partial charge on any atom is 0.182 e. The average molecular weight is 675 g/mol. The van der Waals surface area contributed by atoms with Crippen LogP contribution in [0.4, 0.5) is 0 Å². The van der Waals surface area contributed by atoms with Crippen LogP contribution in [0.1, 0.15) is 0 Å². The minimum Gasteiger partial charge on any atom is -0.309 e. The van der Waals surface area contributed by atoms with Crippen LogP contribution in [-0.4, -0.2) is 19.7 Å². The molecule has 0 unspecified atom stereocenters. The van der Waals surface area contributed by atoms with Crippen molar-refractivity contribution >= 4 is 32.6 Å². The maximum atomic E-state index is 5.20. The van der Waals surface area contributed by atoms with E-state index in [1.165, 1.54) is 54.9 Å². The van der Waals surface area contributed by atoms with Crippen molar-refractivity contribution in [1.82, 2.24) is 19.7 Å². The summed E-state index contributed by atoms with van der Waals surface area (Å²) in [6, 6.07) is 64.6. The number of aromatic nitrogens is 4. The third-order valence-electron chi connectivity index (χ3n) is 10.7. The molecular weight excluding hydrogens is 645 g/mol. The highest BCUT2D eigenvalue weighted by Crippen LogP contribution is 2.52. The minimum atomic E-state index is 0.584. The van der Waals surface area contributed by atoms with Crippen molar-refractivity contribution in [1.29, 1.82) is 0 Å². The largest absolute Gasteiger partial charge is 0.309 e. The summed E-state index contributed by atoms with van der Waals surface area (Å²) < 4.78 is 2.41. The van der Waals surface area contributed by atoms with Crippen LogP contribution >= 0.6 is 0 Å². The second kappa shape index (κ2) is 11.7. The highest BCUT2D eigenvalue weighted by molar-refractivity contribution is 6.29. The summed E-state index contributed by atoms with van der Waals surface area (Å²) in [4.78, 5) is 5.20. The molecule has 0 amide bonds. The van der Waals surface area contributed by atoms with Crippen LogP contribution in [0.2, 0.25) is 0 Å². The van der Waals surface area contributed by atoms with E-state index in [0.717, 1.165) is 44.8 Å². The zero-order valence-electron chi connectivity index (χ0n) is 28.6. The second-order valence-electron chi connectivity index (χ2n) is 13.6. The van der Waals surface area contributed by atoms with Gasteiger partial charge in [-0.25, -0.2) is 4.98 Å². The van der Waals surface area contributed by atoms with Gasteiger partial charge < -0.3 is 4.57 Å². The Bertz CT molecular complexity index is 3030. The number of benzene rings is 8. The molecule has 10 aromatic rings. The summed E-state index contributed by atoms with van der Waals surface area (Å²) in [5.74, 6) is 0.584. The Balaban J connectivity index is 1.18. The first-order valence-electron chi connectivity index (χ1n) is 18.0. The first-order chi connectivity index (χ1) is 26.3. The zero-order chi connectivity index (χ0) is 34.9. The lowest BCUT2D eigenvalue weighted by molar-refractivity contribution is 0.991. The molecule has 0 spiro atoms. The first kappa shape index (κ1) is 29.5. The summed E-state index contributed by atoms with van der Waals surface area (Å²) in [6.45, 7) is 0. The molecule has 0 N–H and O–H groups in total. The van der Waals surface area contributed by atoms with Gasteiger partial charge in [-0.2, -0.15) is 0 Å². The highest BCUT2D eigenvalue weighted by atomic mass is 15.2. The quantitative estimate of drug-likeness (QED) is 0.182. The van der Waals surface area contributed by atoms with Gasteiger partial charge in [-0.15, -0.1) is 10.2 Å². The normalized spacial score (nSPS) is 11.8. The molecule has 11 rings (SSSR count). The highest BCUT2D eigenvalue weighted by Gasteiger charge is 2.27. The molecule has 4 nitrogen and oxygen atoms in total. The first-order valence-corrected chi connectivity index (χ1v) is 18.0. The fourth-order valence-electron chi connectivity index (χ4n) is 8.38. The fraction of sp³-hybridized carbons (Fsp3) is 0. The summed E-state index contributed by atoms with van der Waals surface area (Å²) in [5.41, 5.74) is 15.3. The van der Waals surface area contributed by atoms with E-state index in [2.05, 4.69) is 150 Å². The smallest absolute Gasteiger partial charge is 0.182 e. The standard InChI is InChI=1S/C49H30N4/c1-4-14-31(15-5-1)37-28-29-42-46-44(37)40-26-12-21-32-20-11-24-38(43(32)40)39-25-13-27-41(45(39)46)53(42)36-23-10-22-35(30-36)49-50-47(33-16-6-2-7-17-33)48(51-52-49)34-18-8-3-9-19-34/h1-30H. The molecule has 0 fully saturated rings. The SMILES string of the molecule is c1ccc(-c2ccc3c4c2-c2cccc5cccc(c25)-c2cccc(c24)n3-c2cccc(-c3nnc(-c4ccccc4)c(-c4ccccc4)n3)c2)cc1. The molecule has 8 aromatic carbocycles. The fourth-order valence-corrected chi connectivity index (χ4v) is 8.38. The number of fused-ring (bicyclic) bond motifs is 2. The van der Waals surface area contributed by atoms with Gasteiger partial charge in [0.1, 0.15) is 11.4 Å². The maximum absolute atomic E-state index is 5.20. The predicted octanol–water partition coefficient (Wildman–Crippen LogP) is 12.4. The van der Waals surface area contributed by atoms with Gasteiger partial charge in [-0.05, 0) is 62.9 Å². The molecular formula is C49H30N4. The van der Waals surface area contributed by atoms with Gasteiger partial charge in [0.25, 0.3) is 0 Å². The van der Waals surface area contributed by atoms with E-state index >= 15 is 0 Å². The van der Waals surface area contributed by atoms with Crippen LogP contribution in [0.3, 0.4) is 0 Å². The van der Waals surface area contributed by atoms with Crippen LogP contribution in [0.15, 0.2) is 182 Å². The molecule has 0 bridgehead atoms. The molecule has 0 saturated carbocycles. The number of hydrogen-bond acceptors (Lipinski definition) is 3. The minimum absolute atomic E-state index is 0.584. The monoisotopic (exact) mass is 674 g/mol. The van der Waals surface area contributed by atoms with Crippen molar-refractivity contribution in [2.75, 3.05) is 0 Å². The van der Waals surface area contributed by atoms with Crippen molar-refractivity contribution < 1.29 is 0 Å². The molecule has 1 aliphatic rings. The predicted molar refractivity (Wildman–Crippen MR) is 218 cm³/mol. The third-order valence-corrected chi connectivity index (χ3v) is 10.7. The lowest BCUT2D eigenvalue weighted by Gasteiger charge is -2.16. The average Bonchev–Trinajstić information content (AvgIpc) is 3.52. The van der Waals surface area contributed by atoms with Crippen molar-refractivity contribution in [3.05, 3.63) is 182 Å². The van der Waals surface area contributed by atoms with Crippen LogP contribution in [0.25, 0.3) is 106 Å². The Morgan fingerprint density at radius 2 is 0.943 bits per heavy atom. The number of nitrogens with zero attached hydrogens (tertiary/aromatic N) is 4. The summed E-state index contributed by atoms with van der Waals surface area (Å²) in [7, 11) is 0. The van der Waals surface area contributed by atoms with E-state index in [0.29, 0.717) is 5.82 Å². The topological polar surface area (TPSA) is 43.6 Å². The van der Waals surface area contributed by atoms with Crippen LogP contribution < -0.4 is 0 Å². The molecule has 0 radical (unpaired) electrons. The molecule has 2 heterocycles. The van der Waals surface area contributed by atoms with Gasteiger partial charge in [0.05, 0.1) is 11.0 Å². The van der Waals surface area contributed by atoms with Crippen molar-refractivity contribution in [3.8, 4) is 73.0 Å². The zero-order valence-corrected chi connectivity index (χ0v) is 28.6. The number of rotatable bonds is 5. The Morgan fingerprint density at radius 1 is 0.358 bits per heavy atom. The van der Waals surface area contributed by atoms with Crippen LogP contribution in [-0.2, 0) is 0 Å². The summed E-state index contributed by atoms with van der Waals surface area (Å²) in [6.07, 6.45) is 0. The number of hydrogen-bond donors (Lipinski definition) is 0. The van der Waals surface area contributed by atoms with Gasteiger partial charge >= 0.3 is 0 Å². The van der Waals surface area contributed by atoms with E-state index in [-0.39, 0.29) is 0 Å². The lowest BCUT2D eigenvalue weighted by Crippen LogP contribution is -2.01. The van der Waals surface area contributed by atoms with Gasteiger partial charge in [-0.3, -0.25) is 0 Å². The molecule has 0 atom stereocenters. The van der Waals surface area contributed by atoms with Crippen molar-refractivity contribution in [3.63, 3.8) is 0 Å².